The first-order valence-corrected chi connectivity index (χ1v) is 41.4. The van der Waals surface area contributed by atoms with Crippen LogP contribution in [0.4, 0.5) is 4.39 Å². The number of imidazole rings is 4. The molecule has 0 spiro atoms. The lowest BCUT2D eigenvalue weighted by molar-refractivity contribution is 0.0322. The molecule has 636 valence electrons. The number of halogens is 1. The lowest BCUT2D eigenvalue weighted by Crippen LogP contribution is -2.40. The number of hydrogen-bond acceptors (Lipinski definition) is 26. The van der Waals surface area contributed by atoms with E-state index in [1.807, 2.05) is 177 Å². The molecule has 0 unspecified atom stereocenters. The number of fused-ring (bicyclic) bond motifs is 8. The van der Waals surface area contributed by atoms with E-state index < -0.39 is 28.2 Å². The van der Waals surface area contributed by atoms with Gasteiger partial charge in [0.2, 0.25) is 0 Å². The van der Waals surface area contributed by atoms with Gasteiger partial charge in [0.05, 0.1) is 117 Å². The van der Waals surface area contributed by atoms with Crippen LogP contribution in [0.5, 0.6) is 17.2 Å². The van der Waals surface area contributed by atoms with E-state index in [4.69, 9.17) is 41.7 Å². The first-order chi connectivity index (χ1) is 59.4. The smallest absolute Gasteiger partial charge is 0.345 e. The van der Waals surface area contributed by atoms with Gasteiger partial charge in [-0.25, -0.2) is 43.5 Å². The number of aromatic nitrogens is 12. The van der Waals surface area contributed by atoms with Crippen LogP contribution in [0.3, 0.4) is 0 Å². The average molecular weight is 1670 g/mol. The molecule has 0 aliphatic carbocycles. The Bertz CT molecular complexity index is 6850. The maximum atomic E-state index is 15.6. The van der Waals surface area contributed by atoms with E-state index in [0.29, 0.717) is 147 Å². The van der Waals surface area contributed by atoms with Gasteiger partial charge in [-0.05, 0) is 160 Å². The molecule has 3 saturated heterocycles. The zero-order valence-corrected chi connectivity index (χ0v) is 70.2. The number of rotatable bonds is 20. The van der Waals surface area contributed by atoms with Crippen molar-refractivity contribution in [2.75, 3.05) is 112 Å². The van der Waals surface area contributed by atoms with Crippen LogP contribution in [0.1, 0.15) is 83.7 Å². The molecule has 0 saturated carbocycles. The van der Waals surface area contributed by atoms with Gasteiger partial charge in [-0.2, -0.15) is 0 Å². The van der Waals surface area contributed by atoms with Crippen molar-refractivity contribution >= 4 is 66.5 Å². The molecular weight excluding hydrogens is 1570 g/mol. The van der Waals surface area contributed by atoms with Crippen molar-refractivity contribution in [2.45, 2.75) is 99.8 Å². The fourth-order valence-corrected chi connectivity index (χ4v) is 15.9. The summed E-state index contributed by atoms with van der Waals surface area (Å²) in [6.07, 6.45) is 17.1. The molecule has 3 aliphatic heterocycles. The van der Waals surface area contributed by atoms with Crippen molar-refractivity contribution < 1.29 is 51.2 Å². The van der Waals surface area contributed by atoms with Gasteiger partial charge in [0.25, 0.3) is 0 Å². The van der Waals surface area contributed by atoms with Crippen LogP contribution in [0.25, 0.3) is 111 Å². The number of ether oxygens (including phenoxy) is 4. The van der Waals surface area contributed by atoms with E-state index in [1.54, 1.807) is 42.5 Å². The largest absolute Gasteiger partial charge is 0.492 e. The van der Waals surface area contributed by atoms with E-state index in [-0.39, 0.29) is 12.7 Å². The highest BCUT2D eigenvalue weighted by atomic mass is 19.1. The lowest BCUT2D eigenvalue weighted by Gasteiger charge is -2.36. The molecule has 12 aromatic heterocycles. The number of nitrogens with zero attached hydrogens (tertiary/aromatic N) is 15. The second kappa shape index (κ2) is 36.5. The Morgan fingerprint density at radius 2 is 0.764 bits per heavy atom. The zero-order valence-electron chi connectivity index (χ0n) is 70.2. The van der Waals surface area contributed by atoms with Crippen LogP contribution in [-0.4, -0.2) is 200 Å². The van der Waals surface area contributed by atoms with Gasteiger partial charge in [-0.1, -0.05) is 19.1 Å². The number of alkyl halides is 1. The molecule has 30 nitrogen and oxygen atoms in total. The molecule has 0 atom stereocenters. The molecule has 3 aliphatic rings. The Hall–Kier alpha value is -12.8. The van der Waals surface area contributed by atoms with Crippen molar-refractivity contribution in [1.82, 2.24) is 77.5 Å². The van der Waals surface area contributed by atoms with Gasteiger partial charge in [-0.3, -0.25) is 29.7 Å². The first-order valence-electron chi connectivity index (χ1n) is 41.4. The molecule has 0 radical (unpaired) electrons. The zero-order chi connectivity index (χ0) is 85.7. The molecule has 15 heterocycles. The van der Waals surface area contributed by atoms with E-state index in [0.717, 1.165) is 163 Å². The summed E-state index contributed by atoms with van der Waals surface area (Å²) in [5, 5.41) is 24.5. The van der Waals surface area contributed by atoms with E-state index in [9.17, 15) is 24.3 Å². The number of aliphatic hydroxyl groups excluding tert-OH is 2. The number of aliphatic hydroxyl groups is 2. The third-order valence-electron chi connectivity index (χ3n) is 22.3. The van der Waals surface area contributed by atoms with Gasteiger partial charge in [0.15, 0.2) is 22.6 Å². The number of nitrogens with one attached hydrogen (secondary N) is 1. The molecule has 31 heteroatoms. The lowest BCUT2D eigenvalue weighted by atomic mass is 9.86. The molecule has 4 aromatic carbocycles. The maximum Gasteiger partial charge on any atom is 0.345 e. The first kappa shape index (κ1) is 83.9. The predicted molar refractivity (Wildman–Crippen MR) is 465 cm³/mol. The maximum absolute atomic E-state index is 15.6. The van der Waals surface area contributed by atoms with E-state index >= 15 is 4.39 Å². The Morgan fingerprint density at radius 1 is 0.423 bits per heavy atom. The highest BCUT2D eigenvalue weighted by Gasteiger charge is 2.36. The van der Waals surface area contributed by atoms with Gasteiger partial charge in [-0.15, -0.1) is 0 Å². The molecule has 0 amide bonds. The number of aryl methyl sites for hydroxylation is 8. The Morgan fingerprint density at radius 3 is 1.12 bits per heavy atom. The van der Waals surface area contributed by atoms with E-state index in [2.05, 4.69) is 66.8 Å². The second-order valence-corrected chi connectivity index (χ2v) is 31.4. The van der Waals surface area contributed by atoms with Crippen LogP contribution in [0.15, 0.2) is 183 Å². The summed E-state index contributed by atoms with van der Waals surface area (Å²) < 4.78 is 68.3. The average Bonchev–Trinajstić information content (AvgIpc) is 1.77. The molecule has 3 fully saturated rings. The summed E-state index contributed by atoms with van der Waals surface area (Å²) in [5.74, 6) is 1.96. The Kier molecular flexibility index (Phi) is 24.9. The summed E-state index contributed by atoms with van der Waals surface area (Å²) in [6, 6.07) is 29.0. The summed E-state index contributed by atoms with van der Waals surface area (Å²) >= 11 is 0. The monoisotopic (exact) mass is 1670 g/mol. The standard InChI is InChI=1S/C24H25FN4O2.C24H26N4O4.C23H24N4O4.C21H22N4O4/c1-4-28-9-7-24(25,8-10-28)18-6-5-17-11-19(23(30)31-21(17)12-18)20-14-29-13-15(2)26-16(3)22(29)27-20;1-15-13-28-14-21(26-23(28)16(2)25-15)20-11-17-3-4-19(12-22(17)32-24(20)30)31-10-9-27-7-5-18(29)6-8-27;1-15-13-27-14-20(25-22(27)16(2)24-15)19-11-17-3-4-18(12-21(17)31-23(19)28)30-10-7-26-5-8-29-9-6-26;1-13-11-25-12-18(24-20(25)14(2)23-13)17-9-15-3-4-16(10-19(15)29-21(17)27)28-8-6-22-5-7-26/h5-6,11-14H,4,7-10H2,1-3H3;3-4,11-14,18,29H,5-10H2,1-2H3;3-4,11-14H,5-10H2,1-2H3;3-4,9-12,22,26H,5-8H2,1-2H3. The third kappa shape index (κ3) is 19.1. The van der Waals surface area contributed by atoms with Crippen LogP contribution >= 0.6 is 0 Å². The summed E-state index contributed by atoms with van der Waals surface area (Å²) in [4.78, 5) is 93.7. The van der Waals surface area contributed by atoms with Gasteiger partial charge < -0.3 is 74.6 Å². The van der Waals surface area contributed by atoms with Crippen LogP contribution < -0.4 is 42.0 Å². The summed E-state index contributed by atoms with van der Waals surface area (Å²) in [6.45, 7) is 29.4. The Labute approximate surface area is 704 Å². The number of piperidine rings is 2. The minimum atomic E-state index is -1.39. The molecule has 19 rings (SSSR count). The molecular formula is C92H97FN16O14. The minimum Gasteiger partial charge on any atom is -0.492 e. The fourth-order valence-electron chi connectivity index (χ4n) is 15.9. The SMILES string of the molecule is CCN1CCC(F)(c2ccc3cc(-c4cn5cc(C)nc(C)c5n4)c(=O)oc3c2)CC1.Cc1cn2cc(-c3cc4ccc(OCCN5CCC(O)CC5)cc4oc3=O)nc2c(C)n1.Cc1cn2cc(-c3cc4ccc(OCCN5CCOCC5)cc4oc3=O)nc2c(C)n1.Cc1cn2cc(-c3cc4ccc(OCCNCCO)cc4oc3=O)nc2c(C)n1. The normalized spacial score (nSPS) is 14.8. The van der Waals surface area contributed by atoms with Crippen LogP contribution in [0.2, 0.25) is 0 Å². The molecule has 3 N–H and O–H groups in total. The second-order valence-electron chi connectivity index (χ2n) is 31.4. The Balaban J connectivity index is 0.000000122. The van der Waals surface area contributed by atoms with Gasteiger partial charge in [0.1, 0.15) is 65.1 Å². The number of likely N-dealkylation sites (tertiary alicyclic amines) is 2. The van der Waals surface area contributed by atoms with Crippen molar-refractivity contribution in [1.29, 1.82) is 0 Å². The topological polar surface area (TPSA) is 341 Å². The van der Waals surface area contributed by atoms with Crippen molar-refractivity contribution in [3.8, 4) is 62.3 Å². The van der Waals surface area contributed by atoms with Gasteiger partial charge in [0, 0.05) is 155 Å². The third-order valence-corrected chi connectivity index (χ3v) is 22.3. The molecule has 16 aromatic rings. The van der Waals surface area contributed by atoms with Crippen LogP contribution in [0, 0.1) is 55.4 Å². The summed E-state index contributed by atoms with van der Waals surface area (Å²) in [7, 11) is 0. The minimum absolute atomic E-state index is 0.0888. The fraction of sp³-hybridized carbons (Fsp3) is 0.348. The molecule has 123 heavy (non-hydrogen) atoms. The predicted octanol–water partition coefficient (Wildman–Crippen LogP) is 12.3. The van der Waals surface area contributed by atoms with Crippen molar-refractivity contribution in [3.63, 3.8) is 0 Å². The van der Waals surface area contributed by atoms with Crippen LogP contribution in [-0.2, 0) is 10.4 Å². The number of morpholine rings is 1. The molecule has 0 bridgehead atoms. The highest BCUT2D eigenvalue weighted by molar-refractivity contribution is 5.86. The number of benzene rings is 4. The number of hydrogen-bond donors (Lipinski definition) is 3. The van der Waals surface area contributed by atoms with Crippen molar-refractivity contribution in [3.05, 3.63) is 239 Å². The summed E-state index contributed by atoms with van der Waals surface area (Å²) in [5.41, 5.74) is 12.7. The quantitative estimate of drug-likeness (QED) is 0.0471. The van der Waals surface area contributed by atoms with Gasteiger partial charge >= 0.3 is 22.5 Å². The van der Waals surface area contributed by atoms with Crippen molar-refractivity contribution in [2.24, 2.45) is 0 Å². The highest BCUT2D eigenvalue weighted by Crippen LogP contribution is 2.39. The van der Waals surface area contributed by atoms with E-state index in [1.165, 1.54) is 0 Å².